The second-order valence-corrected chi connectivity index (χ2v) is 3.46. The van der Waals surface area contributed by atoms with Crippen molar-refractivity contribution < 1.29 is 15.0 Å². The Bertz CT molecular complexity index is 323. The van der Waals surface area contributed by atoms with Gasteiger partial charge < -0.3 is 10.2 Å². The van der Waals surface area contributed by atoms with Gasteiger partial charge in [-0.05, 0) is 24.0 Å². The molecule has 1 aromatic rings. The van der Waals surface area contributed by atoms with Crippen molar-refractivity contribution in [2.45, 2.75) is 5.75 Å². The highest BCUT2D eigenvalue weighted by molar-refractivity contribution is 7.97. The molecule has 0 aliphatic heterocycles. The standard InChI is InChI=1S/C9H10O3S/c1-13-5-6-2-3-7(9(11)12)8(10)4-6/h2-4,10H,5H2,1H3,(H,11,12). The van der Waals surface area contributed by atoms with E-state index in [9.17, 15) is 9.90 Å². The molecule has 0 amide bonds. The fourth-order valence-electron chi connectivity index (χ4n) is 1.01. The first-order valence-corrected chi connectivity index (χ1v) is 5.08. The zero-order valence-corrected chi connectivity index (χ0v) is 7.97. The van der Waals surface area contributed by atoms with Crippen molar-refractivity contribution in [3.63, 3.8) is 0 Å². The molecule has 0 aliphatic carbocycles. The molecular weight excluding hydrogens is 188 g/mol. The molecule has 4 heteroatoms. The fraction of sp³-hybridized carbons (Fsp3) is 0.222. The Morgan fingerprint density at radius 1 is 1.54 bits per heavy atom. The Balaban J connectivity index is 2.98. The van der Waals surface area contributed by atoms with E-state index in [2.05, 4.69) is 0 Å². The van der Waals surface area contributed by atoms with Gasteiger partial charge in [-0.2, -0.15) is 11.8 Å². The lowest BCUT2D eigenvalue weighted by Crippen LogP contribution is -1.96. The fourth-order valence-corrected chi connectivity index (χ4v) is 1.53. The van der Waals surface area contributed by atoms with Crippen LogP contribution in [0.3, 0.4) is 0 Å². The monoisotopic (exact) mass is 198 g/mol. The number of aromatic hydroxyl groups is 1. The highest BCUT2D eigenvalue weighted by atomic mass is 32.2. The minimum atomic E-state index is -1.10. The smallest absolute Gasteiger partial charge is 0.339 e. The quantitative estimate of drug-likeness (QED) is 0.779. The van der Waals surface area contributed by atoms with Crippen LogP contribution in [0.5, 0.6) is 5.75 Å². The van der Waals surface area contributed by atoms with E-state index in [1.54, 1.807) is 17.8 Å². The summed E-state index contributed by atoms with van der Waals surface area (Å²) in [6.45, 7) is 0. The van der Waals surface area contributed by atoms with Gasteiger partial charge in [-0.15, -0.1) is 0 Å². The number of benzene rings is 1. The first-order valence-electron chi connectivity index (χ1n) is 3.69. The zero-order valence-electron chi connectivity index (χ0n) is 7.15. The Labute approximate surface area is 80.4 Å². The molecule has 0 radical (unpaired) electrons. The van der Waals surface area contributed by atoms with E-state index in [0.29, 0.717) is 0 Å². The second-order valence-electron chi connectivity index (χ2n) is 2.59. The summed E-state index contributed by atoms with van der Waals surface area (Å²) in [7, 11) is 0. The molecule has 0 saturated carbocycles. The van der Waals surface area contributed by atoms with Gasteiger partial charge in [0.15, 0.2) is 0 Å². The van der Waals surface area contributed by atoms with Gasteiger partial charge in [0.25, 0.3) is 0 Å². The molecule has 2 N–H and O–H groups in total. The minimum Gasteiger partial charge on any atom is -0.507 e. The van der Waals surface area contributed by atoms with Crippen LogP contribution in [-0.4, -0.2) is 22.4 Å². The second kappa shape index (κ2) is 4.18. The predicted molar refractivity (Wildman–Crippen MR) is 52.3 cm³/mol. The van der Waals surface area contributed by atoms with Crippen LogP contribution >= 0.6 is 11.8 Å². The third-order valence-corrected chi connectivity index (χ3v) is 2.23. The van der Waals surface area contributed by atoms with Crippen molar-refractivity contribution in [3.05, 3.63) is 29.3 Å². The Morgan fingerprint density at radius 3 is 2.69 bits per heavy atom. The summed E-state index contributed by atoms with van der Waals surface area (Å²) in [5.74, 6) is -0.500. The molecule has 0 saturated heterocycles. The summed E-state index contributed by atoms with van der Waals surface area (Å²) in [6, 6.07) is 4.61. The molecule has 0 atom stereocenters. The largest absolute Gasteiger partial charge is 0.507 e. The van der Waals surface area contributed by atoms with Crippen LogP contribution in [0.2, 0.25) is 0 Å². The van der Waals surface area contributed by atoms with Gasteiger partial charge in [0.1, 0.15) is 11.3 Å². The topological polar surface area (TPSA) is 57.5 Å². The summed E-state index contributed by atoms with van der Waals surface area (Å²) in [5, 5.41) is 17.9. The molecule has 1 rings (SSSR count). The Hall–Kier alpha value is -1.16. The number of carboxylic acid groups (broad SMARTS) is 1. The molecular formula is C9H10O3S. The van der Waals surface area contributed by atoms with Crippen LogP contribution in [0.1, 0.15) is 15.9 Å². The molecule has 0 fully saturated rings. The summed E-state index contributed by atoms with van der Waals surface area (Å²) in [6.07, 6.45) is 1.95. The Morgan fingerprint density at radius 2 is 2.23 bits per heavy atom. The van der Waals surface area contributed by atoms with E-state index in [1.165, 1.54) is 12.1 Å². The molecule has 1 aromatic carbocycles. The Kier molecular flexibility index (Phi) is 3.19. The van der Waals surface area contributed by atoms with Crippen LogP contribution in [0.15, 0.2) is 18.2 Å². The molecule has 0 spiro atoms. The zero-order chi connectivity index (χ0) is 9.84. The van der Waals surface area contributed by atoms with E-state index in [1.807, 2.05) is 6.26 Å². The predicted octanol–water partition coefficient (Wildman–Crippen LogP) is 1.95. The highest BCUT2D eigenvalue weighted by Crippen LogP contribution is 2.20. The molecule has 70 valence electrons. The first kappa shape index (κ1) is 9.92. The summed E-state index contributed by atoms with van der Waals surface area (Å²) in [4.78, 5) is 10.5. The maximum absolute atomic E-state index is 10.5. The highest BCUT2D eigenvalue weighted by Gasteiger charge is 2.08. The van der Waals surface area contributed by atoms with Crippen LogP contribution < -0.4 is 0 Å². The van der Waals surface area contributed by atoms with Crippen molar-refractivity contribution in [1.82, 2.24) is 0 Å². The van der Waals surface area contributed by atoms with E-state index in [-0.39, 0.29) is 11.3 Å². The normalized spacial score (nSPS) is 9.92. The molecule has 3 nitrogen and oxygen atoms in total. The summed E-state index contributed by atoms with van der Waals surface area (Å²) in [5.41, 5.74) is 0.875. The van der Waals surface area contributed by atoms with Crippen LogP contribution in [0, 0.1) is 0 Å². The lowest BCUT2D eigenvalue weighted by atomic mass is 10.1. The average Bonchev–Trinajstić information content (AvgIpc) is 2.04. The number of hydrogen-bond donors (Lipinski definition) is 2. The van der Waals surface area contributed by atoms with E-state index < -0.39 is 5.97 Å². The van der Waals surface area contributed by atoms with Gasteiger partial charge in [-0.25, -0.2) is 4.79 Å². The van der Waals surface area contributed by atoms with Crippen molar-refractivity contribution in [2.75, 3.05) is 6.26 Å². The number of hydrogen-bond acceptors (Lipinski definition) is 3. The van der Waals surface area contributed by atoms with Crippen molar-refractivity contribution in [3.8, 4) is 5.75 Å². The van der Waals surface area contributed by atoms with Gasteiger partial charge >= 0.3 is 5.97 Å². The van der Waals surface area contributed by atoms with Gasteiger partial charge in [-0.3, -0.25) is 0 Å². The lowest BCUT2D eigenvalue weighted by molar-refractivity contribution is 0.0694. The first-order chi connectivity index (χ1) is 6.15. The molecule has 0 bridgehead atoms. The van der Waals surface area contributed by atoms with E-state index in [4.69, 9.17) is 5.11 Å². The van der Waals surface area contributed by atoms with E-state index in [0.717, 1.165) is 11.3 Å². The number of thioether (sulfide) groups is 1. The maximum atomic E-state index is 10.5. The van der Waals surface area contributed by atoms with Gasteiger partial charge in [0.05, 0.1) is 0 Å². The molecule has 0 aromatic heterocycles. The van der Waals surface area contributed by atoms with Crippen molar-refractivity contribution in [2.24, 2.45) is 0 Å². The number of carbonyl (C=O) groups is 1. The summed E-state index contributed by atoms with van der Waals surface area (Å²) < 4.78 is 0. The molecule has 13 heavy (non-hydrogen) atoms. The number of carboxylic acids is 1. The van der Waals surface area contributed by atoms with Crippen LogP contribution in [-0.2, 0) is 5.75 Å². The van der Waals surface area contributed by atoms with Crippen molar-refractivity contribution in [1.29, 1.82) is 0 Å². The number of rotatable bonds is 3. The molecule has 0 heterocycles. The SMILES string of the molecule is CSCc1ccc(C(=O)O)c(O)c1. The van der Waals surface area contributed by atoms with Crippen LogP contribution in [0.25, 0.3) is 0 Å². The third kappa shape index (κ3) is 2.39. The molecule has 0 unspecified atom stereocenters. The maximum Gasteiger partial charge on any atom is 0.339 e. The number of aromatic carboxylic acids is 1. The van der Waals surface area contributed by atoms with Gasteiger partial charge in [0, 0.05) is 5.75 Å². The van der Waals surface area contributed by atoms with Gasteiger partial charge in [0.2, 0.25) is 0 Å². The van der Waals surface area contributed by atoms with Gasteiger partial charge in [-0.1, -0.05) is 6.07 Å². The lowest BCUT2D eigenvalue weighted by Gasteiger charge is -2.02. The van der Waals surface area contributed by atoms with Crippen LogP contribution in [0.4, 0.5) is 0 Å². The minimum absolute atomic E-state index is 0.0511. The molecule has 0 aliphatic rings. The number of phenols is 1. The third-order valence-electron chi connectivity index (χ3n) is 1.60. The summed E-state index contributed by atoms with van der Waals surface area (Å²) >= 11 is 1.62. The van der Waals surface area contributed by atoms with E-state index >= 15 is 0 Å². The van der Waals surface area contributed by atoms with Crippen molar-refractivity contribution >= 4 is 17.7 Å². The average molecular weight is 198 g/mol.